The quantitative estimate of drug-likeness (QED) is 0.296. The normalized spacial score (nSPS) is 11.0. The summed E-state index contributed by atoms with van der Waals surface area (Å²) in [7, 11) is 0. The van der Waals surface area contributed by atoms with Gasteiger partial charge in [-0.05, 0) is 34.5 Å². The van der Waals surface area contributed by atoms with Gasteiger partial charge >= 0.3 is 0 Å². The van der Waals surface area contributed by atoms with Gasteiger partial charge in [0.05, 0.1) is 11.4 Å². The Bertz CT molecular complexity index is 1590. The number of hydrogen-bond acceptors (Lipinski definition) is 3. The first kappa shape index (κ1) is 20.8. The van der Waals surface area contributed by atoms with E-state index < -0.39 is 0 Å². The molecule has 0 saturated carbocycles. The van der Waals surface area contributed by atoms with Crippen molar-refractivity contribution in [3.8, 4) is 50.8 Å². The van der Waals surface area contributed by atoms with Gasteiger partial charge in [-0.15, -0.1) is 0 Å². The number of hydrogen-bond donors (Lipinski definition) is 1. The lowest BCUT2D eigenvalue weighted by Gasteiger charge is -2.12. The molecule has 166 valence electrons. The van der Waals surface area contributed by atoms with E-state index in [0.29, 0.717) is 5.82 Å². The molecule has 0 amide bonds. The summed E-state index contributed by atoms with van der Waals surface area (Å²) in [4.78, 5) is 9.83. The van der Waals surface area contributed by atoms with Crippen molar-refractivity contribution in [3.05, 3.63) is 127 Å². The van der Waals surface area contributed by atoms with Gasteiger partial charge < -0.3 is 5.11 Å². The first-order valence-corrected chi connectivity index (χ1v) is 11.6. The summed E-state index contributed by atoms with van der Waals surface area (Å²) in [5.74, 6) is 0.943. The van der Waals surface area contributed by atoms with Crippen LogP contribution in [0.15, 0.2) is 127 Å². The van der Waals surface area contributed by atoms with Crippen molar-refractivity contribution < 1.29 is 5.11 Å². The van der Waals surface area contributed by atoms with E-state index in [1.165, 1.54) is 0 Å². The second-order valence-corrected chi connectivity index (χ2v) is 8.46. The molecule has 1 aromatic heterocycles. The van der Waals surface area contributed by atoms with Gasteiger partial charge in [0.1, 0.15) is 5.75 Å². The van der Waals surface area contributed by atoms with Crippen molar-refractivity contribution in [1.82, 2.24) is 9.97 Å². The zero-order valence-corrected chi connectivity index (χ0v) is 19.0. The molecule has 0 spiro atoms. The van der Waals surface area contributed by atoms with Gasteiger partial charge in [0.15, 0.2) is 5.82 Å². The fraction of sp³-hybridized carbons (Fsp3) is 0. The number of phenols is 1. The molecular weight excluding hydrogens is 428 g/mol. The zero-order chi connectivity index (χ0) is 23.6. The van der Waals surface area contributed by atoms with Gasteiger partial charge in [-0.2, -0.15) is 0 Å². The Hall–Kier alpha value is -4.76. The molecule has 0 atom stereocenters. The number of aromatic nitrogens is 2. The van der Waals surface area contributed by atoms with E-state index in [1.807, 2.05) is 91.0 Å². The van der Waals surface area contributed by atoms with Crippen LogP contribution in [0, 0.1) is 0 Å². The van der Waals surface area contributed by atoms with Crippen molar-refractivity contribution in [1.29, 1.82) is 0 Å². The van der Waals surface area contributed by atoms with Crippen molar-refractivity contribution in [2.45, 2.75) is 0 Å². The van der Waals surface area contributed by atoms with Crippen molar-refractivity contribution in [2.75, 3.05) is 0 Å². The predicted molar refractivity (Wildman–Crippen MR) is 143 cm³/mol. The van der Waals surface area contributed by atoms with E-state index in [4.69, 9.17) is 9.97 Å². The summed E-state index contributed by atoms with van der Waals surface area (Å²) in [6, 6.07) is 42.2. The van der Waals surface area contributed by atoms with Gasteiger partial charge in [0.2, 0.25) is 0 Å². The van der Waals surface area contributed by atoms with Crippen LogP contribution in [0.5, 0.6) is 5.75 Å². The average molecular weight is 451 g/mol. The Labute approximate surface area is 204 Å². The fourth-order valence-corrected chi connectivity index (χ4v) is 4.47. The SMILES string of the molecule is Oc1ccc2ccccc2c1-c1cccc(-c2cc(-c3ccccc3)nc(-c3ccccc3)n2)c1. The third-order valence-corrected chi connectivity index (χ3v) is 6.18. The minimum atomic E-state index is 0.262. The van der Waals surface area contributed by atoms with Crippen molar-refractivity contribution in [2.24, 2.45) is 0 Å². The molecule has 0 aliphatic heterocycles. The van der Waals surface area contributed by atoms with Gasteiger partial charge in [-0.1, -0.05) is 109 Å². The van der Waals surface area contributed by atoms with Gasteiger partial charge in [-0.3, -0.25) is 0 Å². The van der Waals surface area contributed by atoms with Crippen LogP contribution in [-0.4, -0.2) is 15.1 Å². The summed E-state index contributed by atoms with van der Waals surface area (Å²) in [5, 5.41) is 12.9. The van der Waals surface area contributed by atoms with E-state index in [0.717, 1.165) is 50.0 Å². The van der Waals surface area contributed by atoms with Crippen LogP contribution in [0.3, 0.4) is 0 Å². The van der Waals surface area contributed by atoms with Crippen LogP contribution in [0.25, 0.3) is 55.8 Å². The Morgan fingerprint density at radius 2 is 1.06 bits per heavy atom. The van der Waals surface area contributed by atoms with Crippen LogP contribution >= 0.6 is 0 Å². The highest BCUT2D eigenvalue weighted by atomic mass is 16.3. The minimum Gasteiger partial charge on any atom is -0.507 e. The lowest BCUT2D eigenvalue weighted by Crippen LogP contribution is -1.96. The van der Waals surface area contributed by atoms with E-state index in [-0.39, 0.29) is 5.75 Å². The lowest BCUT2D eigenvalue weighted by atomic mass is 9.95. The highest BCUT2D eigenvalue weighted by molar-refractivity contribution is 6.00. The fourth-order valence-electron chi connectivity index (χ4n) is 4.47. The van der Waals surface area contributed by atoms with Gasteiger partial charge in [0.25, 0.3) is 0 Å². The second kappa shape index (κ2) is 8.88. The number of phenolic OH excluding ortho intramolecular Hbond substituents is 1. The largest absolute Gasteiger partial charge is 0.507 e. The molecule has 0 saturated heterocycles. The monoisotopic (exact) mass is 450 g/mol. The number of rotatable bonds is 4. The van der Waals surface area contributed by atoms with Crippen LogP contribution in [0.1, 0.15) is 0 Å². The first-order chi connectivity index (χ1) is 17.3. The molecule has 3 heteroatoms. The summed E-state index contributed by atoms with van der Waals surface area (Å²) in [6.07, 6.45) is 0. The molecule has 1 heterocycles. The number of nitrogens with zero attached hydrogens (tertiary/aromatic N) is 2. The van der Waals surface area contributed by atoms with Crippen molar-refractivity contribution >= 4 is 10.8 Å². The molecule has 6 rings (SSSR count). The lowest BCUT2D eigenvalue weighted by molar-refractivity contribution is 0.478. The Morgan fingerprint density at radius 1 is 0.457 bits per heavy atom. The Morgan fingerprint density at radius 3 is 1.83 bits per heavy atom. The maximum atomic E-state index is 10.8. The summed E-state index contributed by atoms with van der Waals surface area (Å²) < 4.78 is 0. The van der Waals surface area contributed by atoms with Gasteiger partial charge in [-0.25, -0.2) is 9.97 Å². The number of fused-ring (bicyclic) bond motifs is 1. The van der Waals surface area contributed by atoms with Crippen LogP contribution in [0.4, 0.5) is 0 Å². The molecule has 3 nitrogen and oxygen atoms in total. The van der Waals surface area contributed by atoms with Crippen LogP contribution in [0.2, 0.25) is 0 Å². The molecule has 0 bridgehead atoms. The number of benzene rings is 5. The first-order valence-electron chi connectivity index (χ1n) is 11.6. The van der Waals surface area contributed by atoms with E-state index in [9.17, 15) is 5.11 Å². The summed E-state index contributed by atoms with van der Waals surface area (Å²) in [5.41, 5.74) is 6.44. The summed E-state index contributed by atoms with van der Waals surface area (Å²) in [6.45, 7) is 0. The smallest absolute Gasteiger partial charge is 0.160 e. The molecule has 0 radical (unpaired) electrons. The van der Waals surface area contributed by atoms with Crippen LogP contribution < -0.4 is 0 Å². The molecule has 0 unspecified atom stereocenters. The Kier molecular flexibility index (Phi) is 5.28. The third kappa shape index (κ3) is 4.04. The van der Waals surface area contributed by atoms with Crippen molar-refractivity contribution in [3.63, 3.8) is 0 Å². The Balaban J connectivity index is 1.54. The maximum absolute atomic E-state index is 10.8. The maximum Gasteiger partial charge on any atom is 0.160 e. The molecule has 0 aliphatic rings. The zero-order valence-electron chi connectivity index (χ0n) is 19.0. The predicted octanol–water partition coefficient (Wildman–Crippen LogP) is 8.00. The van der Waals surface area contributed by atoms with E-state index >= 15 is 0 Å². The van der Waals surface area contributed by atoms with Crippen LogP contribution in [-0.2, 0) is 0 Å². The van der Waals surface area contributed by atoms with E-state index in [2.05, 4.69) is 30.3 Å². The van der Waals surface area contributed by atoms with E-state index in [1.54, 1.807) is 6.07 Å². The highest BCUT2D eigenvalue weighted by Gasteiger charge is 2.13. The molecule has 5 aromatic carbocycles. The molecule has 0 aliphatic carbocycles. The second-order valence-electron chi connectivity index (χ2n) is 8.46. The standard InChI is InChI=1S/C32H22N2O/c35-30-19-18-22-10-7-8-17-27(22)31(30)26-16-9-15-25(20-26)29-21-28(23-11-3-1-4-12-23)33-32(34-29)24-13-5-2-6-14-24/h1-21,35H. The summed E-state index contributed by atoms with van der Waals surface area (Å²) >= 11 is 0. The third-order valence-electron chi connectivity index (χ3n) is 6.18. The number of aromatic hydroxyl groups is 1. The van der Waals surface area contributed by atoms with Gasteiger partial charge in [0, 0.05) is 22.3 Å². The topological polar surface area (TPSA) is 46.0 Å². The molecule has 35 heavy (non-hydrogen) atoms. The minimum absolute atomic E-state index is 0.262. The molecular formula is C32H22N2O. The molecule has 0 fully saturated rings. The average Bonchev–Trinajstić information content (AvgIpc) is 2.94. The molecule has 6 aromatic rings. The highest BCUT2D eigenvalue weighted by Crippen LogP contribution is 2.38. The molecule has 1 N–H and O–H groups in total.